The molecule has 1 aromatic heterocycles. The molecule has 0 saturated carbocycles. The molecule has 1 aliphatic rings. The van der Waals surface area contributed by atoms with Crippen LogP contribution in [0, 0.1) is 0 Å². The Hall–Kier alpha value is 0.1000. The molecule has 0 aromatic carbocycles. The van der Waals surface area contributed by atoms with E-state index in [1.807, 2.05) is 18.4 Å². The molecular formula is C13H20BrNOS. The summed E-state index contributed by atoms with van der Waals surface area (Å²) < 4.78 is 6.87. The molecule has 2 rings (SSSR count). The van der Waals surface area contributed by atoms with Crippen molar-refractivity contribution in [1.82, 2.24) is 5.32 Å². The molecule has 4 heteroatoms. The SMILES string of the molecule is CNC(CCCC1CCCO1)c1ccc(Br)s1. The Bertz CT molecular complexity index is 336. The topological polar surface area (TPSA) is 21.3 Å². The van der Waals surface area contributed by atoms with Crippen LogP contribution in [-0.4, -0.2) is 19.8 Å². The summed E-state index contributed by atoms with van der Waals surface area (Å²) in [6, 6.07) is 4.83. The van der Waals surface area contributed by atoms with Crippen molar-refractivity contribution in [2.75, 3.05) is 13.7 Å². The van der Waals surface area contributed by atoms with Crippen LogP contribution in [0.25, 0.3) is 0 Å². The molecule has 2 heterocycles. The number of hydrogen-bond acceptors (Lipinski definition) is 3. The van der Waals surface area contributed by atoms with E-state index < -0.39 is 0 Å². The molecule has 1 aliphatic heterocycles. The maximum absolute atomic E-state index is 5.65. The van der Waals surface area contributed by atoms with Crippen LogP contribution in [0.1, 0.15) is 43.0 Å². The van der Waals surface area contributed by atoms with E-state index in [9.17, 15) is 0 Å². The van der Waals surface area contributed by atoms with E-state index in [0.29, 0.717) is 12.1 Å². The van der Waals surface area contributed by atoms with Gasteiger partial charge < -0.3 is 10.1 Å². The molecule has 0 aliphatic carbocycles. The van der Waals surface area contributed by atoms with Gasteiger partial charge in [0.15, 0.2) is 0 Å². The van der Waals surface area contributed by atoms with Crippen LogP contribution < -0.4 is 5.32 Å². The van der Waals surface area contributed by atoms with Crippen LogP contribution in [0.2, 0.25) is 0 Å². The maximum atomic E-state index is 5.65. The normalized spacial score (nSPS) is 21.9. The molecule has 1 saturated heterocycles. The molecule has 1 fully saturated rings. The second-order valence-corrected chi connectivity index (χ2v) is 7.04. The highest BCUT2D eigenvalue weighted by Crippen LogP contribution is 2.30. The maximum Gasteiger partial charge on any atom is 0.0701 e. The van der Waals surface area contributed by atoms with Gasteiger partial charge in [0.25, 0.3) is 0 Å². The van der Waals surface area contributed by atoms with E-state index in [4.69, 9.17) is 4.74 Å². The highest BCUT2D eigenvalue weighted by Gasteiger charge is 2.17. The predicted molar refractivity (Wildman–Crippen MR) is 76.6 cm³/mol. The standard InChI is InChI=1S/C13H20BrNOS/c1-15-11(12-7-8-13(14)17-12)6-2-4-10-5-3-9-16-10/h7-8,10-11,15H,2-6,9H2,1H3. The number of hydrogen-bond donors (Lipinski definition) is 1. The molecule has 0 radical (unpaired) electrons. The summed E-state index contributed by atoms with van der Waals surface area (Å²) in [5.41, 5.74) is 0. The van der Waals surface area contributed by atoms with Gasteiger partial charge in [-0.25, -0.2) is 0 Å². The summed E-state index contributed by atoms with van der Waals surface area (Å²) in [6.07, 6.45) is 6.69. The zero-order valence-corrected chi connectivity index (χ0v) is 12.6. The Morgan fingerprint density at radius 2 is 2.47 bits per heavy atom. The quantitative estimate of drug-likeness (QED) is 0.852. The predicted octanol–water partition coefficient (Wildman–Crippen LogP) is 4.12. The van der Waals surface area contributed by atoms with Gasteiger partial charge in [-0.3, -0.25) is 0 Å². The van der Waals surface area contributed by atoms with Gasteiger partial charge in [0.05, 0.1) is 9.89 Å². The molecule has 17 heavy (non-hydrogen) atoms. The van der Waals surface area contributed by atoms with Crippen molar-refractivity contribution in [3.63, 3.8) is 0 Å². The van der Waals surface area contributed by atoms with Gasteiger partial charge in [-0.1, -0.05) is 0 Å². The van der Waals surface area contributed by atoms with Crippen molar-refractivity contribution in [1.29, 1.82) is 0 Å². The summed E-state index contributed by atoms with van der Waals surface area (Å²) in [5.74, 6) is 0. The van der Waals surface area contributed by atoms with Crippen LogP contribution in [0.15, 0.2) is 15.9 Å². The van der Waals surface area contributed by atoms with Crippen LogP contribution in [0.3, 0.4) is 0 Å². The van der Waals surface area contributed by atoms with Crippen LogP contribution in [0.4, 0.5) is 0 Å². The van der Waals surface area contributed by atoms with Gasteiger partial charge in [0, 0.05) is 17.5 Å². The first-order chi connectivity index (χ1) is 8.29. The van der Waals surface area contributed by atoms with Crippen molar-refractivity contribution in [3.05, 3.63) is 20.8 Å². The minimum Gasteiger partial charge on any atom is -0.378 e. The molecule has 2 atom stereocenters. The third kappa shape index (κ3) is 4.05. The van der Waals surface area contributed by atoms with Crippen LogP contribution >= 0.6 is 27.3 Å². The first-order valence-corrected chi connectivity index (χ1v) is 7.94. The van der Waals surface area contributed by atoms with Crippen molar-refractivity contribution < 1.29 is 4.74 Å². The van der Waals surface area contributed by atoms with E-state index in [-0.39, 0.29) is 0 Å². The van der Waals surface area contributed by atoms with Crippen molar-refractivity contribution in [3.8, 4) is 0 Å². The average molecular weight is 318 g/mol. The fourth-order valence-corrected chi connectivity index (χ4v) is 3.93. The van der Waals surface area contributed by atoms with Gasteiger partial charge in [-0.15, -0.1) is 11.3 Å². The molecule has 1 aromatic rings. The summed E-state index contributed by atoms with van der Waals surface area (Å²) in [5, 5.41) is 3.41. The lowest BCUT2D eigenvalue weighted by Gasteiger charge is -2.15. The Balaban J connectivity index is 1.75. The largest absolute Gasteiger partial charge is 0.378 e. The van der Waals surface area contributed by atoms with E-state index in [1.54, 1.807) is 0 Å². The first kappa shape index (κ1) is 13.5. The van der Waals surface area contributed by atoms with E-state index in [0.717, 1.165) is 6.61 Å². The van der Waals surface area contributed by atoms with E-state index >= 15 is 0 Å². The second-order valence-electron chi connectivity index (χ2n) is 4.55. The Morgan fingerprint density at radius 3 is 3.06 bits per heavy atom. The fourth-order valence-electron chi connectivity index (χ4n) is 2.37. The van der Waals surface area contributed by atoms with Crippen molar-refractivity contribution in [2.45, 2.75) is 44.2 Å². The smallest absolute Gasteiger partial charge is 0.0701 e. The minimum atomic E-state index is 0.493. The lowest BCUT2D eigenvalue weighted by atomic mass is 10.0. The van der Waals surface area contributed by atoms with E-state index in [2.05, 4.69) is 33.4 Å². The Labute approximate surface area is 116 Å². The first-order valence-electron chi connectivity index (χ1n) is 6.33. The lowest BCUT2D eigenvalue weighted by molar-refractivity contribution is 0.101. The third-order valence-corrected chi connectivity index (χ3v) is 5.07. The molecule has 0 bridgehead atoms. The van der Waals surface area contributed by atoms with Gasteiger partial charge in [0.2, 0.25) is 0 Å². The lowest BCUT2D eigenvalue weighted by Crippen LogP contribution is -2.16. The molecule has 0 amide bonds. The van der Waals surface area contributed by atoms with Gasteiger partial charge in [-0.2, -0.15) is 0 Å². The van der Waals surface area contributed by atoms with Gasteiger partial charge in [-0.05, 0) is 67.2 Å². The highest BCUT2D eigenvalue weighted by molar-refractivity contribution is 9.11. The number of ether oxygens (including phenoxy) is 1. The second kappa shape index (κ2) is 6.88. The molecule has 1 N–H and O–H groups in total. The summed E-state index contributed by atoms with van der Waals surface area (Å²) >= 11 is 5.35. The molecule has 0 spiro atoms. The van der Waals surface area contributed by atoms with Gasteiger partial charge in [0.1, 0.15) is 0 Å². The third-order valence-electron chi connectivity index (χ3n) is 3.33. The summed E-state index contributed by atoms with van der Waals surface area (Å²) in [7, 11) is 2.05. The van der Waals surface area contributed by atoms with Gasteiger partial charge >= 0.3 is 0 Å². The number of halogens is 1. The van der Waals surface area contributed by atoms with E-state index in [1.165, 1.54) is 40.8 Å². The van der Waals surface area contributed by atoms with Crippen LogP contribution in [-0.2, 0) is 4.74 Å². The highest BCUT2D eigenvalue weighted by atomic mass is 79.9. The zero-order chi connectivity index (χ0) is 12.1. The monoisotopic (exact) mass is 317 g/mol. The summed E-state index contributed by atoms with van der Waals surface area (Å²) in [6.45, 7) is 0.970. The molecule has 2 unspecified atom stereocenters. The van der Waals surface area contributed by atoms with Crippen molar-refractivity contribution >= 4 is 27.3 Å². The molecule has 2 nitrogen and oxygen atoms in total. The summed E-state index contributed by atoms with van der Waals surface area (Å²) in [4.78, 5) is 1.42. The number of nitrogens with one attached hydrogen (secondary N) is 1. The Morgan fingerprint density at radius 1 is 1.59 bits per heavy atom. The molecular weight excluding hydrogens is 298 g/mol. The average Bonchev–Trinajstić information content (AvgIpc) is 2.96. The fraction of sp³-hybridized carbons (Fsp3) is 0.692. The van der Waals surface area contributed by atoms with Crippen molar-refractivity contribution in [2.24, 2.45) is 0 Å². The number of rotatable bonds is 6. The molecule has 96 valence electrons. The minimum absolute atomic E-state index is 0.493. The van der Waals surface area contributed by atoms with Crippen LogP contribution in [0.5, 0.6) is 0 Å². The zero-order valence-electron chi connectivity index (χ0n) is 10.2. The number of thiophene rings is 1. The Kier molecular flexibility index (Phi) is 5.48.